The third kappa shape index (κ3) is 5.79. The van der Waals surface area contributed by atoms with Crippen LogP contribution >= 0.6 is 0 Å². The Balaban J connectivity index is 1.90. The molecule has 0 aliphatic carbocycles. The van der Waals surface area contributed by atoms with Crippen molar-refractivity contribution in [1.29, 1.82) is 0 Å². The van der Waals surface area contributed by atoms with Gasteiger partial charge in [0.15, 0.2) is 0 Å². The van der Waals surface area contributed by atoms with E-state index >= 15 is 0 Å². The third-order valence-electron chi connectivity index (χ3n) is 4.36. The number of benzene rings is 1. The van der Waals surface area contributed by atoms with Gasteiger partial charge < -0.3 is 9.64 Å². The smallest absolute Gasteiger partial charge is 0.236 e. The van der Waals surface area contributed by atoms with Crippen LogP contribution in [0.25, 0.3) is 0 Å². The van der Waals surface area contributed by atoms with Crippen molar-refractivity contribution in [3.05, 3.63) is 35.7 Å². The van der Waals surface area contributed by atoms with Crippen molar-refractivity contribution in [1.82, 2.24) is 4.31 Å². The Morgan fingerprint density at radius 1 is 1.15 bits per heavy atom. The fourth-order valence-corrected chi connectivity index (χ4v) is 3.96. The van der Waals surface area contributed by atoms with Crippen molar-refractivity contribution in [2.24, 2.45) is 0 Å². The van der Waals surface area contributed by atoms with E-state index in [1.165, 1.54) is 15.8 Å². The molecule has 5 nitrogen and oxygen atoms in total. The minimum atomic E-state index is -3.41. The highest BCUT2D eigenvalue weighted by Gasteiger charge is 2.26. The Morgan fingerprint density at radius 3 is 2.58 bits per heavy atom. The fraction of sp³-hybridized carbons (Fsp3) is 0.500. The molecule has 1 aromatic rings. The van der Waals surface area contributed by atoms with Crippen LogP contribution in [0.4, 0.5) is 5.69 Å². The van der Waals surface area contributed by atoms with Crippen LogP contribution in [0, 0.1) is 11.8 Å². The molecule has 1 aliphatic heterocycles. The molecule has 0 atom stereocenters. The van der Waals surface area contributed by atoms with E-state index in [-0.39, 0.29) is 0 Å². The molecule has 0 spiro atoms. The molecule has 1 aliphatic rings. The molecular formula is C20H28N2O3S. The van der Waals surface area contributed by atoms with Crippen LogP contribution in [0.3, 0.4) is 0 Å². The van der Waals surface area contributed by atoms with Gasteiger partial charge in [0.25, 0.3) is 0 Å². The van der Waals surface area contributed by atoms with Gasteiger partial charge in [-0.1, -0.05) is 43.7 Å². The summed E-state index contributed by atoms with van der Waals surface area (Å²) in [5.41, 5.74) is 1.00. The highest BCUT2D eigenvalue weighted by molar-refractivity contribution is 7.92. The van der Waals surface area contributed by atoms with Crippen LogP contribution in [-0.2, 0) is 10.0 Å². The van der Waals surface area contributed by atoms with E-state index in [9.17, 15) is 8.42 Å². The van der Waals surface area contributed by atoms with Gasteiger partial charge in [0.1, 0.15) is 5.75 Å². The first kappa shape index (κ1) is 20.3. The Morgan fingerprint density at radius 2 is 1.88 bits per heavy atom. The fourth-order valence-electron chi connectivity index (χ4n) is 2.88. The summed E-state index contributed by atoms with van der Waals surface area (Å²) < 4.78 is 31.7. The molecule has 2 rings (SSSR count). The molecule has 0 aromatic heterocycles. The number of allylic oxidation sites excluding steroid dienone is 1. The van der Waals surface area contributed by atoms with E-state index in [2.05, 4.69) is 23.7 Å². The monoisotopic (exact) mass is 376 g/mol. The van der Waals surface area contributed by atoms with E-state index in [1.807, 2.05) is 24.3 Å². The number of ether oxygens (including phenoxy) is 1. The van der Waals surface area contributed by atoms with Crippen LogP contribution in [0.15, 0.2) is 35.7 Å². The summed E-state index contributed by atoms with van der Waals surface area (Å²) in [4.78, 5) is 2.15. The van der Waals surface area contributed by atoms with Gasteiger partial charge in [-0.3, -0.25) is 0 Å². The van der Waals surface area contributed by atoms with Gasteiger partial charge in [-0.25, -0.2) is 8.42 Å². The second-order valence-corrected chi connectivity index (χ2v) is 8.00. The summed E-state index contributed by atoms with van der Waals surface area (Å²) >= 11 is 0. The molecule has 1 saturated heterocycles. The third-order valence-corrected chi connectivity index (χ3v) is 5.92. The maximum absolute atomic E-state index is 12.4. The van der Waals surface area contributed by atoms with Gasteiger partial charge in [0, 0.05) is 38.7 Å². The lowest BCUT2D eigenvalue weighted by molar-refractivity contribution is 0.382. The first-order valence-corrected chi connectivity index (χ1v) is 10.6. The first-order chi connectivity index (χ1) is 12.6. The number of hydrogen-bond acceptors (Lipinski definition) is 4. The Labute approximate surface area is 157 Å². The molecule has 0 saturated carbocycles. The minimum Gasteiger partial charge on any atom is -0.495 e. The van der Waals surface area contributed by atoms with E-state index in [1.54, 1.807) is 7.11 Å². The van der Waals surface area contributed by atoms with Gasteiger partial charge in [-0.05, 0) is 18.6 Å². The van der Waals surface area contributed by atoms with Crippen LogP contribution in [-0.4, -0.2) is 46.0 Å². The molecule has 0 amide bonds. The number of rotatable bonds is 7. The van der Waals surface area contributed by atoms with Crippen molar-refractivity contribution >= 4 is 15.7 Å². The predicted molar refractivity (Wildman–Crippen MR) is 107 cm³/mol. The average molecular weight is 377 g/mol. The standard InChI is InChI=1S/C20H28N2O3S/c1-3-4-5-6-7-8-11-18-26(23,24)22-16-14-21(15-17-22)19-12-9-10-13-20(19)25-2/h9-13,18H,3-6,14-17H2,1-2H3/b18-11+. The van der Waals surface area contributed by atoms with E-state index < -0.39 is 10.0 Å². The number of hydrogen-bond donors (Lipinski definition) is 0. The predicted octanol–water partition coefficient (Wildman–Crippen LogP) is 3.24. The highest BCUT2D eigenvalue weighted by Crippen LogP contribution is 2.28. The Bertz CT molecular complexity index is 755. The lowest BCUT2D eigenvalue weighted by atomic mass is 10.2. The quantitative estimate of drug-likeness (QED) is 0.541. The number of anilines is 1. The zero-order valence-electron chi connectivity index (χ0n) is 15.6. The van der Waals surface area contributed by atoms with Gasteiger partial charge in [0.05, 0.1) is 18.2 Å². The SMILES string of the molecule is CCCCCC#C/C=C/S(=O)(=O)N1CCN(c2ccccc2OC)CC1. The summed E-state index contributed by atoms with van der Waals surface area (Å²) in [5, 5.41) is 1.22. The Hall–Kier alpha value is -1.97. The number of nitrogens with zero attached hydrogens (tertiary/aromatic N) is 2. The molecule has 6 heteroatoms. The van der Waals surface area contributed by atoms with Gasteiger partial charge >= 0.3 is 0 Å². The molecule has 0 unspecified atom stereocenters. The number of sulfonamides is 1. The zero-order valence-corrected chi connectivity index (χ0v) is 16.5. The van der Waals surface area contributed by atoms with Crippen molar-refractivity contribution in [2.75, 3.05) is 38.2 Å². The maximum atomic E-state index is 12.4. The summed E-state index contributed by atoms with van der Waals surface area (Å²) in [7, 11) is -1.76. The molecule has 0 N–H and O–H groups in total. The second-order valence-electron chi connectivity index (χ2n) is 6.18. The number of unbranched alkanes of at least 4 members (excludes halogenated alkanes) is 3. The number of methoxy groups -OCH3 is 1. The molecule has 0 radical (unpaired) electrons. The summed E-state index contributed by atoms with van der Waals surface area (Å²) in [6.45, 7) is 4.32. The summed E-state index contributed by atoms with van der Waals surface area (Å²) in [6.07, 6.45) is 5.65. The minimum absolute atomic E-state index is 0.453. The highest BCUT2D eigenvalue weighted by atomic mass is 32.2. The molecule has 0 bridgehead atoms. The zero-order chi connectivity index (χ0) is 18.8. The van der Waals surface area contributed by atoms with Crippen LogP contribution in [0.2, 0.25) is 0 Å². The first-order valence-electron chi connectivity index (χ1n) is 9.11. The maximum Gasteiger partial charge on any atom is 0.236 e. The van der Waals surface area contributed by atoms with E-state index in [0.717, 1.165) is 37.1 Å². The van der Waals surface area contributed by atoms with Gasteiger partial charge in [-0.15, -0.1) is 0 Å². The lowest BCUT2D eigenvalue weighted by Crippen LogP contribution is -2.48. The molecule has 1 aromatic carbocycles. The van der Waals surface area contributed by atoms with Crippen LogP contribution in [0.5, 0.6) is 5.75 Å². The number of para-hydroxylation sites is 2. The van der Waals surface area contributed by atoms with E-state index in [0.29, 0.717) is 26.2 Å². The normalized spacial score (nSPS) is 15.7. The second kappa shape index (κ2) is 10.2. The molecular weight excluding hydrogens is 348 g/mol. The van der Waals surface area contributed by atoms with Gasteiger partial charge in [0.2, 0.25) is 10.0 Å². The molecule has 26 heavy (non-hydrogen) atoms. The summed E-state index contributed by atoms with van der Waals surface area (Å²) in [6, 6.07) is 7.80. The number of piperazine rings is 1. The van der Waals surface area contributed by atoms with Crippen molar-refractivity contribution in [2.45, 2.75) is 32.6 Å². The average Bonchev–Trinajstić information content (AvgIpc) is 2.67. The molecule has 1 fully saturated rings. The van der Waals surface area contributed by atoms with E-state index in [4.69, 9.17) is 4.74 Å². The van der Waals surface area contributed by atoms with Crippen molar-refractivity contribution < 1.29 is 13.2 Å². The molecule has 1 heterocycles. The lowest BCUT2D eigenvalue weighted by Gasteiger charge is -2.35. The van der Waals surface area contributed by atoms with Crippen LogP contribution < -0.4 is 9.64 Å². The Kier molecular flexibility index (Phi) is 8.02. The largest absolute Gasteiger partial charge is 0.495 e. The van der Waals surface area contributed by atoms with Crippen molar-refractivity contribution in [3.63, 3.8) is 0 Å². The van der Waals surface area contributed by atoms with Crippen molar-refractivity contribution in [3.8, 4) is 17.6 Å². The summed E-state index contributed by atoms with van der Waals surface area (Å²) in [5.74, 6) is 6.63. The molecule has 142 valence electrons. The van der Waals surface area contributed by atoms with Gasteiger partial charge in [-0.2, -0.15) is 4.31 Å². The topological polar surface area (TPSA) is 49.9 Å². The van der Waals surface area contributed by atoms with Crippen LogP contribution in [0.1, 0.15) is 32.6 Å².